The highest BCUT2D eigenvalue weighted by atomic mass is 16.5. The van der Waals surface area contributed by atoms with Gasteiger partial charge in [-0.3, -0.25) is 4.57 Å². The Morgan fingerprint density at radius 1 is 1.04 bits per heavy atom. The lowest BCUT2D eigenvalue weighted by molar-refractivity contribution is 0.344. The zero-order valence-electron chi connectivity index (χ0n) is 15.1. The Balaban J connectivity index is 1.58. The van der Waals surface area contributed by atoms with Gasteiger partial charge in [-0.1, -0.05) is 48.5 Å². The molecule has 0 saturated heterocycles. The molecule has 5 nitrogen and oxygen atoms in total. The lowest BCUT2D eigenvalue weighted by atomic mass is 10.2. The fourth-order valence-corrected chi connectivity index (χ4v) is 3.63. The van der Waals surface area contributed by atoms with Crippen molar-refractivity contribution in [2.75, 3.05) is 11.9 Å². The first-order valence-corrected chi connectivity index (χ1v) is 9.18. The molecule has 0 spiro atoms. The van der Waals surface area contributed by atoms with Crippen LogP contribution in [0, 0.1) is 6.92 Å². The van der Waals surface area contributed by atoms with E-state index in [1.165, 1.54) is 10.9 Å². The van der Waals surface area contributed by atoms with E-state index in [0.29, 0.717) is 18.4 Å². The number of hydrogen-bond acceptors (Lipinski definition) is 4. The van der Waals surface area contributed by atoms with Crippen LogP contribution in [0.4, 0.5) is 5.82 Å². The second kappa shape index (κ2) is 6.43. The van der Waals surface area contributed by atoms with Gasteiger partial charge in [0.05, 0.1) is 17.7 Å². The molecule has 5 rings (SSSR count). The summed E-state index contributed by atoms with van der Waals surface area (Å²) in [6, 6.07) is 20.8. The van der Waals surface area contributed by atoms with Gasteiger partial charge in [0.2, 0.25) is 11.8 Å². The standard InChI is InChI=1S/C22H20N4O/c1-15-13-17-9-5-6-10-19(17)26(15)22-24-20(18-11-12-27-21(18)25-22)23-14-16-7-3-2-4-8-16/h2-10,13H,11-12,14H2,1H3,(H,23,24,25). The third kappa shape index (κ3) is 2.81. The molecular formula is C22H20N4O. The van der Waals surface area contributed by atoms with E-state index in [1.807, 2.05) is 30.3 Å². The predicted octanol–water partition coefficient (Wildman–Crippen LogP) is 4.28. The fourth-order valence-electron chi connectivity index (χ4n) is 3.63. The summed E-state index contributed by atoms with van der Waals surface area (Å²) >= 11 is 0. The fraction of sp³-hybridized carbons (Fsp3) is 0.182. The maximum Gasteiger partial charge on any atom is 0.239 e. The Morgan fingerprint density at radius 2 is 1.85 bits per heavy atom. The van der Waals surface area contributed by atoms with E-state index in [9.17, 15) is 0 Å². The summed E-state index contributed by atoms with van der Waals surface area (Å²) < 4.78 is 7.87. The van der Waals surface area contributed by atoms with Crippen molar-refractivity contribution < 1.29 is 4.74 Å². The summed E-state index contributed by atoms with van der Waals surface area (Å²) in [6.45, 7) is 3.45. The number of benzene rings is 2. The molecule has 27 heavy (non-hydrogen) atoms. The van der Waals surface area contributed by atoms with Crippen LogP contribution < -0.4 is 10.1 Å². The highest BCUT2D eigenvalue weighted by molar-refractivity contribution is 5.82. The van der Waals surface area contributed by atoms with Gasteiger partial charge in [-0.05, 0) is 24.6 Å². The quantitative estimate of drug-likeness (QED) is 0.593. The molecule has 0 fully saturated rings. The number of aromatic nitrogens is 3. The Kier molecular flexibility index (Phi) is 3.78. The SMILES string of the molecule is Cc1cc2ccccc2n1-c1nc(NCc2ccccc2)c2c(n1)OCC2. The van der Waals surface area contributed by atoms with Crippen LogP contribution in [0.15, 0.2) is 60.7 Å². The second-order valence-corrected chi connectivity index (χ2v) is 6.77. The number of fused-ring (bicyclic) bond motifs is 2. The van der Waals surface area contributed by atoms with Crippen LogP contribution in [-0.4, -0.2) is 21.1 Å². The second-order valence-electron chi connectivity index (χ2n) is 6.77. The molecule has 4 aromatic rings. The molecular weight excluding hydrogens is 336 g/mol. The highest BCUT2D eigenvalue weighted by Gasteiger charge is 2.22. The minimum atomic E-state index is 0.643. The molecule has 0 aliphatic carbocycles. The van der Waals surface area contributed by atoms with Crippen LogP contribution in [0.3, 0.4) is 0 Å². The van der Waals surface area contributed by atoms with Crippen molar-refractivity contribution in [2.45, 2.75) is 19.9 Å². The summed E-state index contributed by atoms with van der Waals surface area (Å²) in [7, 11) is 0. The van der Waals surface area contributed by atoms with Gasteiger partial charge >= 0.3 is 0 Å². The number of aryl methyl sites for hydroxylation is 1. The van der Waals surface area contributed by atoms with Gasteiger partial charge in [0.1, 0.15) is 5.82 Å². The summed E-state index contributed by atoms with van der Waals surface area (Å²) in [5.41, 5.74) is 4.47. The number of hydrogen-bond donors (Lipinski definition) is 1. The first kappa shape index (κ1) is 15.9. The van der Waals surface area contributed by atoms with Gasteiger partial charge < -0.3 is 10.1 Å². The summed E-state index contributed by atoms with van der Waals surface area (Å²) in [4.78, 5) is 9.59. The van der Waals surface area contributed by atoms with Crippen LogP contribution in [0.5, 0.6) is 5.88 Å². The summed E-state index contributed by atoms with van der Waals surface area (Å²) in [5, 5.41) is 4.67. The van der Waals surface area contributed by atoms with E-state index < -0.39 is 0 Å². The topological polar surface area (TPSA) is 52.0 Å². The largest absolute Gasteiger partial charge is 0.477 e. The third-order valence-electron chi connectivity index (χ3n) is 4.95. The first-order valence-electron chi connectivity index (χ1n) is 9.18. The molecule has 5 heteroatoms. The van der Waals surface area contributed by atoms with Crippen LogP contribution in [-0.2, 0) is 13.0 Å². The molecule has 1 N–H and O–H groups in total. The van der Waals surface area contributed by atoms with Crippen LogP contribution in [0.1, 0.15) is 16.8 Å². The lowest BCUT2D eigenvalue weighted by Crippen LogP contribution is -2.09. The molecule has 0 atom stereocenters. The van der Waals surface area contributed by atoms with Crippen molar-refractivity contribution in [1.82, 2.24) is 14.5 Å². The molecule has 3 heterocycles. The van der Waals surface area contributed by atoms with Crippen molar-refractivity contribution in [3.05, 3.63) is 77.5 Å². The van der Waals surface area contributed by atoms with E-state index in [-0.39, 0.29) is 0 Å². The number of rotatable bonds is 4. The molecule has 0 unspecified atom stereocenters. The number of anilines is 1. The molecule has 1 aliphatic rings. The Labute approximate surface area is 157 Å². The van der Waals surface area contributed by atoms with Gasteiger partial charge in [0, 0.05) is 24.0 Å². The highest BCUT2D eigenvalue weighted by Crippen LogP contribution is 2.31. The molecule has 1 aliphatic heterocycles. The van der Waals surface area contributed by atoms with Crippen LogP contribution in [0.25, 0.3) is 16.9 Å². The van der Waals surface area contributed by atoms with Gasteiger partial charge in [-0.2, -0.15) is 9.97 Å². The van der Waals surface area contributed by atoms with E-state index in [4.69, 9.17) is 14.7 Å². The van der Waals surface area contributed by atoms with E-state index >= 15 is 0 Å². The normalized spacial score (nSPS) is 12.8. The van der Waals surface area contributed by atoms with Crippen molar-refractivity contribution in [1.29, 1.82) is 0 Å². The Hall–Kier alpha value is -3.34. The van der Waals surface area contributed by atoms with Crippen molar-refractivity contribution in [2.24, 2.45) is 0 Å². The number of nitrogens with one attached hydrogen (secondary N) is 1. The van der Waals surface area contributed by atoms with Gasteiger partial charge in [-0.15, -0.1) is 0 Å². The average molecular weight is 356 g/mol. The lowest BCUT2D eigenvalue weighted by Gasteiger charge is -2.13. The van der Waals surface area contributed by atoms with E-state index in [2.05, 4.69) is 47.1 Å². The van der Waals surface area contributed by atoms with Gasteiger partial charge in [-0.25, -0.2) is 0 Å². The monoisotopic (exact) mass is 356 g/mol. The molecule has 0 saturated carbocycles. The van der Waals surface area contributed by atoms with Crippen molar-refractivity contribution in [3.8, 4) is 11.8 Å². The van der Waals surface area contributed by atoms with Gasteiger partial charge in [0.15, 0.2) is 0 Å². The maximum atomic E-state index is 5.78. The minimum absolute atomic E-state index is 0.643. The maximum absolute atomic E-state index is 5.78. The molecule has 0 bridgehead atoms. The van der Waals surface area contributed by atoms with E-state index in [0.717, 1.165) is 35.6 Å². The number of nitrogens with zero attached hydrogens (tertiary/aromatic N) is 3. The zero-order valence-corrected chi connectivity index (χ0v) is 15.1. The molecule has 0 amide bonds. The first-order chi connectivity index (χ1) is 13.3. The molecule has 2 aromatic carbocycles. The smallest absolute Gasteiger partial charge is 0.239 e. The molecule has 0 radical (unpaired) electrons. The van der Waals surface area contributed by atoms with Crippen molar-refractivity contribution >= 4 is 16.7 Å². The Bertz CT molecular complexity index is 1120. The summed E-state index contributed by atoms with van der Waals surface area (Å²) in [6.07, 6.45) is 0.831. The minimum Gasteiger partial charge on any atom is -0.477 e. The average Bonchev–Trinajstić information content (AvgIpc) is 3.30. The van der Waals surface area contributed by atoms with E-state index in [1.54, 1.807) is 0 Å². The third-order valence-corrected chi connectivity index (χ3v) is 4.95. The summed E-state index contributed by atoms with van der Waals surface area (Å²) in [5.74, 6) is 2.19. The predicted molar refractivity (Wildman–Crippen MR) is 107 cm³/mol. The zero-order chi connectivity index (χ0) is 18.2. The van der Waals surface area contributed by atoms with Crippen molar-refractivity contribution in [3.63, 3.8) is 0 Å². The Morgan fingerprint density at radius 3 is 2.74 bits per heavy atom. The van der Waals surface area contributed by atoms with Crippen LogP contribution in [0.2, 0.25) is 0 Å². The number of para-hydroxylation sites is 1. The van der Waals surface area contributed by atoms with Crippen LogP contribution >= 0.6 is 0 Å². The van der Waals surface area contributed by atoms with Gasteiger partial charge in [0.25, 0.3) is 0 Å². The molecule has 2 aromatic heterocycles. The number of ether oxygens (including phenoxy) is 1. The molecule has 134 valence electrons.